The minimum Gasteiger partial charge on any atom is -0.381 e. The minimum absolute atomic E-state index is 0.309. The zero-order chi connectivity index (χ0) is 16.3. The molecule has 1 N–H and O–H groups in total. The number of likely N-dealkylation sites (tertiary alicyclic amines) is 1. The quantitative estimate of drug-likeness (QED) is 0.925. The van der Waals surface area contributed by atoms with Gasteiger partial charge in [-0.2, -0.15) is 0 Å². The Hall–Kier alpha value is -1.39. The van der Waals surface area contributed by atoms with Crippen molar-refractivity contribution in [3.8, 4) is 0 Å². The molecule has 4 heteroatoms. The lowest BCUT2D eigenvalue weighted by Gasteiger charge is -2.39. The number of nitrogens with one attached hydrogen (secondary N) is 1. The van der Waals surface area contributed by atoms with E-state index >= 15 is 0 Å². The fourth-order valence-electron chi connectivity index (χ4n) is 3.99. The largest absolute Gasteiger partial charge is 0.381 e. The number of hydrogen-bond donors (Lipinski definition) is 1. The van der Waals surface area contributed by atoms with Crippen molar-refractivity contribution < 1.29 is 9.53 Å². The Balaban J connectivity index is 1.84. The van der Waals surface area contributed by atoms with Gasteiger partial charge in [0.1, 0.15) is 0 Å². The molecule has 2 aliphatic rings. The predicted octanol–water partition coefficient (Wildman–Crippen LogP) is 2.11. The van der Waals surface area contributed by atoms with Crippen molar-refractivity contribution in [1.29, 1.82) is 0 Å². The number of hydrogen-bond acceptors (Lipinski definition) is 3. The van der Waals surface area contributed by atoms with E-state index in [0.29, 0.717) is 25.0 Å². The van der Waals surface area contributed by atoms with E-state index in [1.807, 2.05) is 7.05 Å². The van der Waals surface area contributed by atoms with Crippen molar-refractivity contribution >= 4 is 5.91 Å². The average Bonchev–Trinajstić information content (AvgIpc) is 3.04. The topological polar surface area (TPSA) is 41.6 Å². The van der Waals surface area contributed by atoms with Crippen LogP contribution in [0.15, 0.2) is 24.3 Å². The van der Waals surface area contributed by atoms with E-state index in [9.17, 15) is 4.79 Å². The summed E-state index contributed by atoms with van der Waals surface area (Å²) < 4.78 is 5.56. The first-order chi connectivity index (χ1) is 11.2. The predicted molar refractivity (Wildman–Crippen MR) is 91.5 cm³/mol. The maximum absolute atomic E-state index is 13.4. The number of nitrogens with zero attached hydrogens (tertiary/aromatic N) is 1. The first-order valence-electron chi connectivity index (χ1n) is 8.74. The maximum atomic E-state index is 13.4. The number of carbonyl (C=O) groups excluding carboxylic acids is 1. The van der Waals surface area contributed by atoms with Gasteiger partial charge in [-0.25, -0.2) is 0 Å². The molecule has 126 valence electrons. The van der Waals surface area contributed by atoms with Gasteiger partial charge in [0.25, 0.3) is 0 Å². The molecule has 23 heavy (non-hydrogen) atoms. The van der Waals surface area contributed by atoms with Crippen molar-refractivity contribution in [2.45, 2.75) is 31.6 Å². The smallest absolute Gasteiger partial charge is 0.233 e. The van der Waals surface area contributed by atoms with Gasteiger partial charge in [0.15, 0.2) is 0 Å². The fourth-order valence-corrected chi connectivity index (χ4v) is 3.99. The molecule has 1 unspecified atom stereocenters. The maximum Gasteiger partial charge on any atom is 0.233 e. The molecule has 0 aliphatic carbocycles. The molecule has 0 bridgehead atoms. The molecule has 2 heterocycles. The summed E-state index contributed by atoms with van der Waals surface area (Å²) in [6, 6.07) is 8.51. The second-order valence-corrected chi connectivity index (χ2v) is 7.02. The van der Waals surface area contributed by atoms with Gasteiger partial charge in [-0.1, -0.05) is 29.8 Å². The van der Waals surface area contributed by atoms with Crippen molar-refractivity contribution in [3.63, 3.8) is 0 Å². The molecule has 1 amide bonds. The van der Waals surface area contributed by atoms with Crippen LogP contribution in [0.2, 0.25) is 0 Å². The number of carbonyl (C=O) groups is 1. The Bertz CT molecular complexity index is 535. The molecule has 1 aromatic rings. The van der Waals surface area contributed by atoms with Crippen LogP contribution >= 0.6 is 0 Å². The molecule has 2 saturated heterocycles. The highest BCUT2D eigenvalue weighted by Crippen LogP contribution is 2.38. The van der Waals surface area contributed by atoms with E-state index in [2.05, 4.69) is 41.4 Å². The van der Waals surface area contributed by atoms with E-state index in [1.165, 1.54) is 5.56 Å². The van der Waals surface area contributed by atoms with Gasteiger partial charge in [0, 0.05) is 26.3 Å². The Morgan fingerprint density at radius 1 is 1.30 bits per heavy atom. The molecule has 4 nitrogen and oxygen atoms in total. The van der Waals surface area contributed by atoms with Crippen molar-refractivity contribution in [1.82, 2.24) is 10.2 Å². The Kier molecular flexibility index (Phi) is 5.02. The summed E-state index contributed by atoms with van der Waals surface area (Å²) in [4.78, 5) is 15.5. The zero-order valence-corrected chi connectivity index (χ0v) is 14.3. The summed E-state index contributed by atoms with van der Waals surface area (Å²) in [6.45, 7) is 6.20. The van der Waals surface area contributed by atoms with Crippen molar-refractivity contribution in [2.24, 2.45) is 5.92 Å². The van der Waals surface area contributed by atoms with Gasteiger partial charge in [-0.3, -0.25) is 4.79 Å². The molecule has 0 saturated carbocycles. The van der Waals surface area contributed by atoms with Crippen LogP contribution < -0.4 is 5.32 Å². The highest BCUT2D eigenvalue weighted by molar-refractivity contribution is 5.88. The van der Waals surface area contributed by atoms with Gasteiger partial charge in [-0.05, 0) is 51.3 Å². The van der Waals surface area contributed by atoms with Gasteiger partial charge < -0.3 is 15.0 Å². The monoisotopic (exact) mass is 316 g/mol. The molecule has 0 aromatic heterocycles. The highest BCUT2D eigenvalue weighted by atomic mass is 16.5. The summed E-state index contributed by atoms with van der Waals surface area (Å²) in [5.41, 5.74) is 2.01. The molecule has 2 aliphatic heterocycles. The number of rotatable bonds is 4. The van der Waals surface area contributed by atoms with E-state index in [0.717, 1.165) is 44.5 Å². The van der Waals surface area contributed by atoms with Gasteiger partial charge in [0.2, 0.25) is 5.91 Å². The molecule has 0 radical (unpaired) electrons. The third-order valence-corrected chi connectivity index (χ3v) is 5.43. The molecular weight excluding hydrogens is 288 g/mol. The molecule has 3 rings (SSSR count). The summed E-state index contributed by atoms with van der Waals surface area (Å²) >= 11 is 0. The zero-order valence-electron chi connectivity index (χ0n) is 14.3. The normalized spacial score (nSPS) is 23.9. The van der Waals surface area contributed by atoms with Crippen LogP contribution in [0.25, 0.3) is 0 Å². The Morgan fingerprint density at radius 2 is 2.00 bits per heavy atom. The summed E-state index contributed by atoms with van der Waals surface area (Å²) in [7, 11) is 1.98. The molecular formula is C19H28N2O2. The van der Waals surface area contributed by atoms with Gasteiger partial charge >= 0.3 is 0 Å². The summed E-state index contributed by atoms with van der Waals surface area (Å²) in [6.07, 6.45) is 2.69. The number of amides is 1. The van der Waals surface area contributed by atoms with E-state index in [-0.39, 0.29) is 5.41 Å². The van der Waals surface area contributed by atoms with E-state index in [4.69, 9.17) is 4.74 Å². The highest BCUT2D eigenvalue weighted by Gasteiger charge is 2.45. The second-order valence-electron chi connectivity index (χ2n) is 7.02. The van der Waals surface area contributed by atoms with E-state index < -0.39 is 0 Å². The third kappa shape index (κ3) is 3.29. The van der Waals surface area contributed by atoms with Crippen LogP contribution in [0, 0.1) is 12.8 Å². The first-order valence-corrected chi connectivity index (χ1v) is 8.74. The minimum atomic E-state index is -0.388. The van der Waals surface area contributed by atoms with Crippen molar-refractivity contribution in [3.05, 3.63) is 35.4 Å². The van der Waals surface area contributed by atoms with Crippen molar-refractivity contribution in [2.75, 3.05) is 39.9 Å². The average molecular weight is 316 g/mol. The number of aryl methyl sites for hydroxylation is 1. The van der Waals surface area contributed by atoms with Gasteiger partial charge in [-0.15, -0.1) is 0 Å². The second kappa shape index (κ2) is 7.02. The van der Waals surface area contributed by atoms with Crippen LogP contribution in [0.4, 0.5) is 0 Å². The van der Waals surface area contributed by atoms with Crippen LogP contribution in [0.3, 0.4) is 0 Å². The molecule has 1 atom stereocenters. The first kappa shape index (κ1) is 16.5. The van der Waals surface area contributed by atoms with Crippen LogP contribution in [-0.4, -0.2) is 50.7 Å². The van der Waals surface area contributed by atoms with Crippen LogP contribution in [-0.2, 0) is 14.9 Å². The Morgan fingerprint density at radius 3 is 2.65 bits per heavy atom. The lowest BCUT2D eigenvalue weighted by Crippen LogP contribution is -2.49. The SMILES string of the molecule is CNCC1CCN(C(=O)C2(c3ccc(C)cc3)CCOCC2)C1. The Labute approximate surface area is 139 Å². The van der Waals surface area contributed by atoms with Gasteiger partial charge in [0.05, 0.1) is 5.41 Å². The molecule has 0 spiro atoms. The fraction of sp³-hybridized carbons (Fsp3) is 0.632. The lowest BCUT2D eigenvalue weighted by molar-refractivity contribution is -0.140. The molecule has 2 fully saturated rings. The summed E-state index contributed by atoms with van der Waals surface area (Å²) in [5.74, 6) is 0.891. The number of benzene rings is 1. The van der Waals surface area contributed by atoms with E-state index in [1.54, 1.807) is 0 Å². The van der Waals surface area contributed by atoms with Crippen LogP contribution in [0.5, 0.6) is 0 Å². The number of ether oxygens (including phenoxy) is 1. The van der Waals surface area contributed by atoms with Crippen LogP contribution in [0.1, 0.15) is 30.4 Å². The third-order valence-electron chi connectivity index (χ3n) is 5.43. The molecule has 1 aromatic carbocycles. The summed E-state index contributed by atoms with van der Waals surface area (Å²) in [5, 5.41) is 3.24. The standard InChI is InChI=1S/C19H28N2O2/c1-15-3-5-17(6-4-15)19(8-11-23-12-9-19)18(22)21-10-7-16(14-21)13-20-2/h3-6,16,20H,7-14H2,1-2H3. The lowest BCUT2D eigenvalue weighted by atomic mass is 9.73.